The Morgan fingerprint density at radius 2 is 1.52 bits per heavy atom. The summed E-state index contributed by atoms with van der Waals surface area (Å²) < 4.78 is 5.51. The van der Waals surface area contributed by atoms with Crippen molar-refractivity contribution in [1.82, 2.24) is 10.2 Å². The van der Waals surface area contributed by atoms with Gasteiger partial charge in [-0.25, -0.2) is 4.79 Å². The summed E-state index contributed by atoms with van der Waals surface area (Å²) in [6.07, 6.45) is 0.784. The van der Waals surface area contributed by atoms with Crippen LogP contribution in [0.3, 0.4) is 0 Å². The number of hydrogen-bond donors (Lipinski definition) is 1. The molecule has 0 bridgehead atoms. The average Bonchev–Trinajstić information content (AvgIpc) is 3.53. The molecule has 1 N–H and O–H groups in total. The Hall–Kier alpha value is -4.79. The normalized spacial score (nSPS) is 16.6. The van der Waals surface area contributed by atoms with E-state index in [1.54, 1.807) is 57.2 Å². The number of hydrogen-bond acceptors (Lipinski definition) is 8. The van der Waals surface area contributed by atoms with Gasteiger partial charge in [-0.3, -0.25) is 14.9 Å². The second-order valence-electron chi connectivity index (χ2n) is 13.2. The monoisotopic (exact) mass is 716 g/mol. The number of benzene rings is 4. The van der Waals surface area contributed by atoms with E-state index in [2.05, 4.69) is 15.2 Å². The van der Waals surface area contributed by atoms with Gasteiger partial charge in [0, 0.05) is 23.7 Å². The van der Waals surface area contributed by atoms with E-state index in [1.165, 1.54) is 0 Å². The molecule has 10 heteroatoms. The predicted octanol–water partition coefficient (Wildman–Crippen LogP) is 5.27. The number of para-hydroxylation sites is 1. The number of amides is 1. The van der Waals surface area contributed by atoms with E-state index in [-0.39, 0.29) is 34.1 Å². The minimum Gasteiger partial charge on any atom is -0.861 e. The first-order valence-electron chi connectivity index (χ1n) is 16.5. The van der Waals surface area contributed by atoms with Crippen LogP contribution in [0.4, 0.5) is 10.5 Å². The standard InChI is InChI=1S/C40H44N4O5.Ni/c1-27-21-23-30(24-22-27)35(43-39(48)49-40(2,3)4)36(38(46)47)42-34(29-16-9-6-10-17-29)31-18-11-12-19-32(31)41-37(45)33-20-13-25-44(33)26-28-14-7-5-8-15-28;/h5-12,14-19,21-24,33,35-36H,13,20,25-26H2,1-4H3,(H,41,45)(H,43,48)(H,46,47);/q;+2/p-2/t33-,35+,36-;/m0./s1. The largest absolute Gasteiger partial charge is 2.00 e. The molecule has 1 heterocycles. The van der Waals surface area contributed by atoms with Gasteiger partial charge in [0.25, 0.3) is 0 Å². The van der Waals surface area contributed by atoms with Gasteiger partial charge in [-0.05, 0) is 70.2 Å². The van der Waals surface area contributed by atoms with Crippen LogP contribution in [-0.2, 0) is 32.6 Å². The van der Waals surface area contributed by atoms with E-state index in [0.717, 1.165) is 24.1 Å². The fraction of sp³-hybridized carbons (Fsp3) is 0.300. The third kappa shape index (κ3) is 10.1. The molecule has 0 spiro atoms. The summed E-state index contributed by atoms with van der Waals surface area (Å²) in [5, 5.41) is 29.5. The number of carboxylic acids is 1. The SMILES string of the molecule is Cc1ccc([C@@H](NC(=O)OC(C)(C)C)[C@H](N=C(c2ccccc2)c2ccccc2N=C([O-])[C@@H]2CCCN2Cc2ccccc2)C(=O)[O-])cc1.[Ni+2]. The fourth-order valence-corrected chi connectivity index (χ4v) is 5.93. The minimum atomic E-state index is -1.58. The van der Waals surface area contributed by atoms with Crippen molar-refractivity contribution in [3.8, 4) is 0 Å². The molecule has 1 aliphatic rings. The molecule has 1 fully saturated rings. The average molecular weight is 717 g/mol. The maximum Gasteiger partial charge on any atom is 2.00 e. The van der Waals surface area contributed by atoms with Crippen LogP contribution in [0.15, 0.2) is 119 Å². The molecular weight excluding hydrogens is 675 g/mol. The Bertz CT molecular complexity index is 1790. The minimum absolute atomic E-state index is 0. The van der Waals surface area contributed by atoms with Gasteiger partial charge < -0.3 is 25.1 Å². The van der Waals surface area contributed by atoms with E-state index in [4.69, 9.17) is 9.73 Å². The quantitative estimate of drug-likeness (QED) is 0.128. The zero-order chi connectivity index (χ0) is 35.0. The molecule has 0 aromatic heterocycles. The number of nitrogens with one attached hydrogen (secondary N) is 1. The van der Waals surface area contributed by atoms with Gasteiger partial charge in [0.1, 0.15) is 11.6 Å². The van der Waals surface area contributed by atoms with Crippen LogP contribution in [-0.4, -0.2) is 52.8 Å². The molecule has 1 saturated heterocycles. The van der Waals surface area contributed by atoms with Crippen LogP contribution in [0.25, 0.3) is 0 Å². The Balaban J connectivity index is 0.00000562. The van der Waals surface area contributed by atoms with Crippen molar-refractivity contribution in [1.29, 1.82) is 0 Å². The van der Waals surface area contributed by atoms with E-state index in [0.29, 0.717) is 35.3 Å². The summed E-state index contributed by atoms with van der Waals surface area (Å²) >= 11 is 0. The van der Waals surface area contributed by atoms with Crippen molar-refractivity contribution < 1.29 is 41.0 Å². The van der Waals surface area contributed by atoms with Crippen molar-refractivity contribution in [3.63, 3.8) is 0 Å². The van der Waals surface area contributed by atoms with Gasteiger partial charge in [-0.2, -0.15) is 0 Å². The topological polar surface area (TPSA) is 129 Å². The van der Waals surface area contributed by atoms with Gasteiger partial charge in [0.15, 0.2) is 0 Å². The third-order valence-electron chi connectivity index (χ3n) is 8.25. The number of carboxylic acid groups (broad SMARTS) is 1. The predicted molar refractivity (Wildman–Crippen MR) is 188 cm³/mol. The first-order chi connectivity index (χ1) is 23.5. The second kappa shape index (κ2) is 17.2. The molecule has 0 saturated carbocycles. The Morgan fingerprint density at radius 1 is 0.900 bits per heavy atom. The van der Waals surface area contributed by atoms with E-state index in [1.807, 2.05) is 79.7 Å². The molecule has 50 heavy (non-hydrogen) atoms. The van der Waals surface area contributed by atoms with Crippen molar-refractivity contribution in [2.24, 2.45) is 9.98 Å². The van der Waals surface area contributed by atoms with Crippen molar-refractivity contribution in [2.45, 2.75) is 70.8 Å². The summed E-state index contributed by atoms with van der Waals surface area (Å²) in [5.74, 6) is -1.77. The van der Waals surface area contributed by atoms with Crippen LogP contribution >= 0.6 is 0 Å². The molecule has 5 rings (SSSR count). The molecule has 262 valence electrons. The molecule has 0 radical (unpaired) electrons. The number of likely N-dealkylation sites (tertiary alicyclic amines) is 1. The second-order valence-corrected chi connectivity index (χ2v) is 13.2. The molecule has 1 aliphatic heterocycles. The summed E-state index contributed by atoms with van der Waals surface area (Å²) in [5.41, 5.74) is 3.51. The molecule has 0 unspecified atom stereocenters. The number of rotatable bonds is 11. The van der Waals surface area contributed by atoms with Crippen LogP contribution < -0.4 is 15.5 Å². The fourth-order valence-electron chi connectivity index (χ4n) is 5.93. The van der Waals surface area contributed by atoms with Crippen molar-refractivity contribution in [2.75, 3.05) is 6.54 Å². The number of aryl methyl sites for hydroxylation is 1. The van der Waals surface area contributed by atoms with Gasteiger partial charge in [0.2, 0.25) is 0 Å². The molecule has 1 amide bonds. The maximum absolute atomic E-state index is 13.8. The van der Waals surface area contributed by atoms with E-state index >= 15 is 0 Å². The maximum atomic E-state index is 13.8. The zero-order valence-corrected chi connectivity index (χ0v) is 29.6. The van der Waals surface area contributed by atoms with Crippen LogP contribution in [0, 0.1) is 6.92 Å². The first kappa shape index (κ1) is 38.0. The van der Waals surface area contributed by atoms with Crippen molar-refractivity contribution >= 4 is 29.4 Å². The Labute approximate surface area is 304 Å². The van der Waals surface area contributed by atoms with Crippen molar-refractivity contribution in [3.05, 3.63) is 137 Å². The van der Waals surface area contributed by atoms with Crippen LogP contribution in [0.2, 0.25) is 0 Å². The van der Waals surface area contributed by atoms with Gasteiger partial charge >= 0.3 is 22.6 Å². The number of nitrogens with zero attached hydrogens (tertiary/aromatic N) is 3. The summed E-state index contributed by atoms with van der Waals surface area (Å²) in [6, 6.07) is 30.3. The van der Waals surface area contributed by atoms with Gasteiger partial charge in [0.05, 0.1) is 23.4 Å². The number of carbonyl (C=O) groups is 2. The third-order valence-corrected chi connectivity index (χ3v) is 8.25. The van der Waals surface area contributed by atoms with Gasteiger partial charge in [-0.15, -0.1) is 0 Å². The smallest absolute Gasteiger partial charge is 0.861 e. The van der Waals surface area contributed by atoms with Crippen LogP contribution in [0.5, 0.6) is 0 Å². The molecule has 3 atom stereocenters. The van der Waals surface area contributed by atoms with E-state index < -0.39 is 29.7 Å². The molecule has 0 aliphatic carbocycles. The Morgan fingerprint density at radius 3 is 2.16 bits per heavy atom. The zero-order valence-electron chi connectivity index (χ0n) is 28.7. The summed E-state index contributed by atoms with van der Waals surface area (Å²) in [7, 11) is 0. The van der Waals surface area contributed by atoms with Gasteiger partial charge in [-0.1, -0.05) is 109 Å². The number of aliphatic imine (C=N–C) groups is 2. The molecule has 4 aromatic rings. The summed E-state index contributed by atoms with van der Waals surface area (Å²) in [4.78, 5) is 37.6. The summed E-state index contributed by atoms with van der Waals surface area (Å²) in [6.45, 7) is 8.52. The van der Waals surface area contributed by atoms with E-state index in [9.17, 15) is 19.8 Å². The first-order valence-corrected chi connectivity index (χ1v) is 16.5. The molecule has 9 nitrogen and oxygen atoms in total. The number of alkyl carbamates (subject to hydrolysis) is 1. The molecule has 4 aromatic carbocycles. The Kier molecular flexibility index (Phi) is 13.1. The molecular formula is C40H42N4NiO5. The number of ether oxygens (including phenoxy) is 1. The number of aliphatic carboxylic acids is 1. The van der Waals surface area contributed by atoms with Crippen LogP contribution in [0.1, 0.15) is 67.5 Å². The number of carbonyl (C=O) groups excluding carboxylic acids is 2.